The first-order valence-corrected chi connectivity index (χ1v) is 17.3. The zero-order valence-corrected chi connectivity index (χ0v) is 27.5. The van der Waals surface area contributed by atoms with E-state index in [1.807, 2.05) is 37.3 Å². The molecule has 5 rings (SSSR count). The average Bonchev–Trinajstić information content (AvgIpc) is 3.38. The molecule has 1 N–H and O–H groups in total. The van der Waals surface area contributed by atoms with Crippen LogP contribution in [0.5, 0.6) is 5.75 Å². The van der Waals surface area contributed by atoms with Crippen LogP contribution in [0.4, 0.5) is 0 Å². The monoisotopic (exact) mass is 636 g/mol. The van der Waals surface area contributed by atoms with Crippen LogP contribution >= 0.6 is 0 Å². The molecule has 2 aromatic carbocycles. The number of sulfonamides is 1. The van der Waals surface area contributed by atoms with Crippen molar-refractivity contribution in [1.82, 2.24) is 28.8 Å². The lowest BCUT2D eigenvalue weighted by Gasteiger charge is -2.28. The highest BCUT2D eigenvalue weighted by molar-refractivity contribution is 7.89. The van der Waals surface area contributed by atoms with Gasteiger partial charge < -0.3 is 14.5 Å². The van der Waals surface area contributed by atoms with Crippen molar-refractivity contribution in [3.63, 3.8) is 0 Å². The molecular formula is C33H44N6O5S. The second kappa shape index (κ2) is 14.7. The number of aryl methyl sites for hydroxylation is 1. The van der Waals surface area contributed by atoms with Crippen molar-refractivity contribution in [2.24, 2.45) is 0 Å². The number of hydrogen-bond donors (Lipinski definition) is 1. The molecule has 1 aliphatic rings. The Morgan fingerprint density at radius 1 is 1.07 bits per heavy atom. The number of hydrogen-bond acceptors (Lipinski definition) is 8. The molecule has 0 bridgehead atoms. The van der Waals surface area contributed by atoms with Crippen molar-refractivity contribution < 1.29 is 17.9 Å². The van der Waals surface area contributed by atoms with Crippen LogP contribution in [0.1, 0.15) is 63.0 Å². The van der Waals surface area contributed by atoms with E-state index in [2.05, 4.69) is 23.7 Å². The van der Waals surface area contributed by atoms with Crippen LogP contribution in [-0.4, -0.2) is 83.2 Å². The van der Waals surface area contributed by atoms with Crippen molar-refractivity contribution in [2.45, 2.75) is 64.3 Å². The molecule has 1 saturated heterocycles. The van der Waals surface area contributed by atoms with Crippen molar-refractivity contribution in [2.75, 3.05) is 46.0 Å². The Kier molecular flexibility index (Phi) is 10.7. The lowest BCUT2D eigenvalue weighted by atomic mass is 10.0. The maximum atomic E-state index is 14.3. The number of morpholine rings is 1. The molecule has 242 valence electrons. The maximum absolute atomic E-state index is 14.3. The largest absolute Gasteiger partial charge is 0.493 e. The van der Waals surface area contributed by atoms with Gasteiger partial charge in [-0.2, -0.15) is 4.31 Å². The smallest absolute Gasteiger partial charge is 0.277 e. The summed E-state index contributed by atoms with van der Waals surface area (Å²) >= 11 is 0. The molecule has 45 heavy (non-hydrogen) atoms. The van der Waals surface area contributed by atoms with E-state index in [1.165, 1.54) is 4.31 Å². The molecule has 0 spiro atoms. The van der Waals surface area contributed by atoms with E-state index < -0.39 is 10.0 Å². The minimum Gasteiger partial charge on any atom is -0.493 e. The number of rotatable bonds is 14. The van der Waals surface area contributed by atoms with E-state index in [1.54, 1.807) is 29.6 Å². The molecule has 1 fully saturated rings. The topological polar surface area (TPSA) is 122 Å². The number of nitrogens with one attached hydrogen (secondary N) is 1. The summed E-state index contributed by atoms with van der Waals surface area (Å²) in [7, 11) is -3.95. The quantitative estimate of drug-likeness (QED) is 0.213. The summed E-state index contributed by atoms with van der Waals surface area (Å²) in [6, 6.07) is 14.4. The first-order valence-electron chi connectivity index (χ1n) is 15.9. The highest BCUT2D eigenvalue weighted by Gasteiger charge is 2.28. The number of ether oxygens (including phenoxy) is 2. The van der Waals surface area contributed by atoms with E-state index in [9.17, 15) is 13.2 Å². The SMILES string of the molecule is CCOc1ccc(S(=O)(=O)N(CCCN2CCOCC2)Cc2ccccc2)cc1-c1nn2c(C(CC)CC)nc(C)c2c(=O)[nH]1. The second-order valence-corrected chi connectivity index (χ2v) is 13.3. The highest BCUT2D eigenvalue weighted by Crippen LogP contribution is 2.32. The number of fused-ring (bicyclic) bond motifs is 1. The number of H-pyrrole nitrogens is 1. The molecule has 0 radical (unpaired) electrons. The average molecular weight is 637 g/mol. The molecule has 0 atom stereocenters. The summed E-state index contributed by atoms with van der Waals surface area (Å²) in [5.74, 6) is 1.49. The fraction of sp³-hybridized carbons (Fsp3) is 0.485. The normalized spacial score (nSPS) is 14.5. The van der Waals surface area contributed by atoms with Crippen molar-refractivity contribution in [1.29, 1.82) is 0 Å². The Morgan fingerprint density at radius 3 is 2.49 bits per heavy atom. The third kappa shape index (κ3) is 7.30. The summed E-state index contributed by atoms with van der Waals surface area (Å²) in [5, 5.41) is 4.82. The van der Waals surface area contributed by atoms with Crippen LogP contribution in [0.25, 0.3) is 16.9 Å². The van der Waals surface area contributed by atoms with E-state index >= 15 is 0 Å². The Morgan fingerprint density at radius 2 is 1.80 bits per heavy atom. The summed E-state index contributed by atoms with van der Waals surface area (Å²) in [6.07, 6.45) is 2.37. The summed E-state index contributed by atoms with van der Waals surface area (Å²) < 4.78 is 43.2. The minimum absolute atomic E-state index is 0.105. The van der Waals surface area contributed by atoms with Crippen molar-refractivity contribution in [3.05, 3.63) is 76.0 Å². The van der Waals surface area contributed by atoms with Gasteiger partial charge in [-0.1, -0.05) is 44.2 Å². The predicted molar refractivity (Wildman–Crippen MR) is 174 cm³/mol. The number of aromatic nitrogens is 4. The zero-order chi connectivity index (χ0) is 32.0. The van der Waals surface area contributed by atoms with Gasteiger partial charge in [0.15, 0.2) is 11.3 Å². The van der Waals surface area contributed by atoms with Gasteiger partial charge in [0.2, 0.25) is 10.0 Å². The minimum atomic E-state index is -3.95. The Labute approximate surface area is 265 Å². The van der Waals surface area contributed by atoms with Gasteiger partial charge >= 0.3 is 0 Å². The standard InChI is InChI=1S/C33H44N6O5S/c1-5-26(6-2)32-34-24(4)30-33(40)35-31(36-39(30)32)28-22-27(14-15-29(28)44-7-3)45(41,42)38(23-25-12-9-8-10-13-25)17-11-16-37-18-20-43-21-19-37/h8-10,12-15,22,26H,5-7,11,16-21,23H2,1-4H3,(H,35,36,40). The molecule has 2 aromatic heterocycles. The van der Waals surface area contributed by atoms with Crippen LogP contribution in [0.3, 0.4) is 0 Å². The molecule has 0 saturated carbocycles. The van der Waals surface area contributed by atoms with Crippen LogP contribution in [-0.2, 0) is 21.3 Å². The molecular weight excluding hydrogens is 592 g/mol. The van der Waals surface area contributed by atoms with E-state index in [-0.39, 0.29) is 28.7 Å². The van der Waals surface area contributed by atoms with Gasteiger partial charge in [-0.05, 0) is 63.4 Å². The van der Waals surface area contributed by atoms with Gasteiger partial charge in [-0.25, -0.2) is 17.9 Å². The molecule has 12 heteroatoms. The Balaban J connectivity index is 1.55. The summed E-state index contributed by atoms with van der Waals surface area (Å²) in [5.41, 5.74) is 1.95. The first kappa shape index (κ1) is 32.8. The third-order valence-electron chi connectivity index (χ3n) is 8.38. The summed E-state index contributed by atoms with van der Waals surface area (Å²) in [6.45, 7) is 12.6. The van der Waals surface area contributed by atoms with Crippen molar-refractivity contribution >= 4 is 15.5 Å². The fourth-order valence-corrected chi connectivity index (χ4v) is 7.38. The van der Waals surface area contributed by atoms with E-state index in [4.69, 9.17) is 19.6 Å². The van der Waals surface area contributed by atoms with Crippen LogP contribution < -0.4 is 10.3 Å². The van der Waals surface area contributed by atoms with Gasteiger partial charge in [0.1, 0.15) is 11.6 Å². The van der Waals surface area contributed by atoms with E-state index in [0.717, 1.165) is 43.9 Å². The lowest BCUT2D eigenvalue weighted by molar-refractivity contribution is 0.0368. The first-order chi connectivity index (χ1) is 21.8. The Hall–Kier alpha value is -3.58. The number of benzene rings is 2. The number of nitrogens with zero attached hydrogens (tertiary/aromatic N) is 5. The van der Waals surface area contributed by atoms with Crippen LogP contribution in [0.15, 0.2) is 58.2 Å². The molecule has 11 nitrogen and oxygen atoms in total. The van der Waals surface area contributed by atoms with Crippen molar-refractivity contribution in [3.8, 4) is 17.1 Å². The molecule has 4 aromatic rings. The van der Waals surface area contributed by atoms with Crippen LogP contribution in [0, 0.1) is 6.92 Å². The molecule has 1 aliphatic heterocycles. The zero-order valence-electron chi connectivity index (χ0n) is 26.7. The van der Waals surface area contributed by atoms with Crippen LogP contribution in [0.2, 0.25) is 0 Å². The molecule has 0 amide bonds. The summed E-state index contributed by atoms with van der Waals surface area (Å²) in [4.78, 5) is 23.4. The van der Waals surface area contributed by atoms with Gasteiger partial charge in [0, 0.05) is 32.1 Å². The predicted octanol–water partition coefficient (Wildman–Crippen LogP) is 4.61. The Bertz CT molecular complexity index is 1740. The van der Waals surface area contributed by atoms with Gasteiger partial charge in [0.05, 0.1) is 36.0 Å². The van der Waals surface area contributed by atoms with E-state index in [0.29, 0.717) is 55.3 Å². The lowest BCUT2D eigenvalue weighted by Crippen LogP contribution is -2.39. The second-order valence-electron chi connectivity index (χ2n) is 11.4. The molecule has 0 aliphatic carbocycles. The van der Waals surface area contributed by atoms with Gasteiger partial charge in [-0.3, -0.25) is 9.69 Å². The number of aromatic amines is 1. The number of imidazole rings is 1. The molecule has 0 unspecified atom stereocenters. The molecule has 3 heterocycles. The third-order valence-corrected chi connectivity index (χ3v) is 10.2. The highest BCUT2D eigenvalue weighted by atomic mass is 32.2. The maximum Gasteiger partial charge on any atom is 0.277 e. The van der Waals surface area contributed by atoms with Gasteiger partial charge in [0.25, 0.3) is 5.56 Å². The fourth-order valence-electron chi connectivity index (χ4n) is 5.88. The van der Waals surface area contributed by atoms with Gasteiger partial charge in [-0.15, -0.1) is 5.10 Å².